The highest BCUT2D eigenvalue weighted by molar-refractivity contribution is 8.14. The molecule has 0 aliphatic heterocycles. The van der Waals surface area contributed by atoms with Crippen LogP contribution in [0.25, 0.3) is 0 Å². The van der Waals surface area contributed by atoms with Crippen LogP contribution in [0.3, 0.4) is 0 Å². The highest BCUT2D eigenvalue weighted by Crippen LogP contribution is 2.45. The molecule has 0 spiro atoms. The maximum atomic E-state index is 12.8. The number of aryl methyl sites for hydroxylation is 1. The molecule has 2 nitrogen and oxygen atoms in total. The van der Waals surface area contributed by atoms with Gasteiger partial charge in [-0.3, -0.25) is 0 Å². The minimum atomic E-state index is -3.23. The van der Waals surface area contributed by atoms with Gasteiger partial charge in [0.15, 0.2) is 9.84 Å². The summed E-state index contributed by atoms with van der Waals surface area (Å²) in [6.45, 7) is 1.97. The summed E-state index contributed by atoms with van der Waals surface area (Å²) >= 11 is 1.51. The van der Waals surface area contributed by atoms with E-state index in [1.54, 1.807) is 12.1 Å². The number of rotatable bonds is 3. The Bertz CT molecular complexity index is 497. The van der Waals surface area contributed by atoms with E-state index in [1.807, 2.05) is 25.3 Å². The van der Waals surface area contributed by atoms with Crippen LogP contribution in [-0.2, 0) is 9.84 Å². The van der Waals surface area contributed by atoms with E-state index in [9.17, 15) is 8.42 Å². The van der Waals surface area contributed by atoms with Crippen molar-refractivity contribution in [2.45, 2.75) is 48.0 Å². The van der Waals surface area contributed by atoms with Gasteiger partial charge >= 0.3 is 0 Å². The van der Waals surface area contributed by atoms with Crippen LogP contribution in [0.4, 0.5) is 0 Å². The van der Waals surface area contributed by atoms with Gasteiger partial charge in [-0.2, -0.15) is 0 Å². The van der Waals surface area contributed by atoms with Gasteiger partial charge < -0.3 is 0 Å². The van der Waals surface area contributed by atoms with Gasteiger partial charge in [-0.15, -0.1) is 11.8 Å². The van der Waals surface area contributed by atoms with Crippen LogP contribution in [0, 0.1) is 6.92 Å². The first-order valence-electron chi connectivity index (χ1n) is 6.38. The van der Waals surface area contributed by atoms with Gasteiger partial charge in [0.2, 0.25) is 0 Å². The minimum Gasteiger partial charge on any atom is -0.222 e. The molecule has 0 heterocycles. The molecule has 2 rings (SSSR count). The van der Waals surface area contributed by atoms with E-state index >= 15 is 0 Å². The fourth-order valence-electron chi connectivity index (χ4n) is 2.61. The Kier molecular flexibility index (Phi) is 4.07. The van der Waals surface area contributed by atoms with Crippen molar-refractivity contribution in [1.82, 2.24) is 0 Å². The summed E-state index contributed by atoms with van der Waals surface area (Å²) in [6.07, 6.45) is 6.69. The highest BCUT2D eigenvalue weighted by atomic mass is 32.3. The molecule has 0 saturated heterocycles. The van der Waals surface area contributed by atoms with Gasteiger partial charge in [-0.05, 0) is 38.2 Å². The van der Waals surface area contributed by atoms with E-state index in [2.05, 4.69) is 0 Å². The summed E-state index contributed by atoms with van der Waals surface area (Å²) in [5.41, 5.74) is 1.09. The Hall–Kier alpha value is -0.480. The number of benzene rings is 1. The topological polar surface area (TPSA) is 34.1 Å². The van der Waals surface area contributed by atoms with E-state index in [4.69, 9.17) is 0 Å². The molecule has 1 aromatic rings. The number of thioether (sulfide) groups is 1. The summed E-state index contributed by atoms with van der Waals surface area (Å²) in [5, 5.41) is 0. The van der Waals surface area contributed by atoms with Crippen LogP contribution in [0.2, 0.25) is 0 Å². The van der Waals surface area contributed by atoms with Gasteiger partial charge in [0.1, 0.15) is 4.08 Å². The monoisotopic (exact) mass is 284 g/mol. The van der Waals surface area contributed by atoms with E-state index in [1.165, 1.54) is 11.8 Å². The van der Waals surface area contributed by atoms with Crippen molar-refractivity contribution in [2.75, 3.05) is 6.26 Å². The largest absolute Gasteiger partial charge is 0.222 e. The van der Waals surface area contributed by atoms with Crippen molar-refractivity contribution in [3.05, 3.63) is 29.8 Å². The molecule has 0 bridgehead atoms. The van der Waals surface area contributed by atoms with Crippen molar-refractivity contribution in [1.29, 1.82) is 0 Å². The van der Waals surface area contributed by atoms with E-state index in [0.717, 1.165) is 37.7 Å². The Morgan fingerprint density at radius 1 is 1.06 bits per heavy atom. The Morgan fingerprint density at radius 2 is 1.61 bits per heavy atom. The van der Waals surface area contributed by atoms with Gasteiger partial charge in [0.25, 0.3) is 0 Å². The zero-order valence-corrected chi connectivity index (χ0v) is 12.6. The van der Waals surface area contributed by atoms with Crippen molar-refractivity contribution >= 4 is 21.6 Å². The van der Waals surface area contributed by atoms with Gasteiger partial charge in [0.05, 0.1) is 4.90 Å². The van der Waals surface area contributed by atoms with Crippen LogP contribution in [-0.4, -0.2) is 18.8 Å². The fourth-order valence-corrected chi connectivity index (χ4v) is 6.22. The minimum absolute atomic E-state index is 0.476. The molecule has 1 fully saturated rings. The first-order chi connectivity index (χ1) is 8.52. The summed E-state index contributed by atoms with van der Waals surface area (Å²) in [6, 6.07) is 7.25. The third-order valence-electron chi connectivity index (χ3n) is 3.81. The van der Waals surface area contributed by atoms with Crippen LogP contribution < -0.4 is 0 Å². The average molecular weight is 284 g/mol. The lowest BCUT2D eigenvalue weighted by Crippen LogP contribution is -2.37. The molecule has 1 aromatic carbocycles. The van der Waals surface area contributed by atoms with Crippen molar-refractivity contribution in [2.24, 2.45) is 0 Å². The van der Waals surface area contributed by atoms with E-state index in [0.29, 0.717) is 4.90 Å². The second kappa shape index (κ2) is 5.25. The van der Waals surface area contributed by atoms with Gasteiger partial charge in [0, 0.05) is 0 Å². The molecule has 4 heteroatoms. The van der Waals surface area contributed by atoms with Crippen molar-refractivity contribution < 1.29 is 8.42 Å². The predicted octanol–water partition coefficient (Wildman–Crippen LogP) is 3.79. The number of hydrogen-bond acceptors (Lipinski definition) is 3. The van der Waals surface area contributed by atoms with Crippen LogP contribution in [0.5, 0.6) is 0 Å². The SMILES string of the molecule is CSC1(S(=O)(=O)c2ccc(C)cc2)CCCCC1. The molecule has 1 saturated carbocycles. The average Bonchev–Trinajstić information content (AvgIpc) is 2.40. The lowest BCUT2D eigenvalue weighted by atomic mass is 10.00. The van der Waals surface area contributed by atoms with Crippen LogP contribution >= 0.6 is 11.8 Å². The van der Waals surface area contributed by atoms with Crippen LogP contribution in [0.1, 0.15) is 37.7 Å². The molecule has 0 radical (unpaired) electrons. The molecule has 1 aliphatic carbocycles. The van der Waals surface area contributed by atoms with Crippen molar-refractivity contribution in [3.8, 4) is 0 Å². The molecule has 0 amide bonds. The normalized spacial score (nSPS) is 19.7. The molecule has 100 valence electrons. The van der Waals surface area contributed by atoms with E-state index in [-0.39, 0.29) is 0 Å². The maximum absolute atomic E-state index is 12.8. The molecule has 1 aliphatic rings. The highest BCUT2D eigenvalue weighted by Gasteiger charge is 2.44. The molecular weight excluding hydrogens is 264 g/mol. The smallest absolute Gasteiger partial charge is 0.193 e. The second-order valence-electron chi connectivity index (χ2n) is 4.99. The first kappa shape index (κ1) is 13.9. The number of hydrogen-bond donors (Lipinski definition) is 0. The molecule has 0 N–H and O–H groups in total. The first-order valence-corrected chi connectivity index (χ1v) is 9.09. The Labute approximate surface area is 114 Å². The molecule has 0 aromatic heterocycles. The summed E-state index contributed by atoms with van der Waals surface area (Å²) in [5.74, 6) is 0. The van der Waals surface area contributed by atoms with E-state index < -0.39 is 13.9 Å². The summed E-state index contributed by atoms with van der Waals surface area (Å²) in [7, 11) is -3.23. The molecular formula is C14H20O2S2. The third kappa shape index (κ3) is 2.32. The summed E-state index contributed by atoms with van der Waals surface area (Å²) in [4.78, 5) is 0.476. The predicted molar refractivity (Wildman–Crippen MR) is 77.7 cm³/mol. The third-order valence-corrected chi connectivity index (χ3v) is 8.40. The number of sulfone groups is 1. The van der Waals surface area contributed by atoms with Gasteiger partial charge in [-0.1, -0.05) is 37.0 Å². The molecule has 0 atom stereocenters. The fraction of sp³-hybridized carbons (Fsp3) is 0.571. The standard InChI is InChI=1S/C14H20O2S2/c1-12-6-8-13(9-7-12)18(15,16)14(17-2)10-4-3-5-11-14/h6-9H,3-5,10-11H2,1-2H3. The second-order valence-corrected chi connectivity index (χ2v) is 8.70. The lowest BCUT2D eigenvalue weighted by molar-refractivity contribution is 0.460. The Morgan fingerprint density at radius 3 is 2.11 bits per heavy atom. The van der Waals surface area contributed by atoms with Gasteiger partial charge in [-0.25, -0.2) is 8.42 Å². The molecule has 0 unspecified atom stereocenters. The van der Waals surface area contributed by atoms with Crippen LogP contribution in [0.15, 0.2) is 29.2 Å². The zero-order chi connectivity index (χ0) is 13.2. The Balaban J connectivity index is 2.42. The maximum Gasteiger partial charge on any atom is 0.193 e. The van der Waals surface area contributed by atoms with Crippen molar-refractivity contribution in [3.63, 3.8) is 0 Å². The quantitative estimate of drug-likeness (QED) is 0.847. The lowest BCUT2D eigenvalue weighted by Gasteiger charge is -2.35. The zero-order valence-electron chi connectivity index (χ0n) is 11.0. The molecule has 18 heavy (non-hydrogen) atoms. The summed E-state index contributed by atoms with van der Waals surface area (Å²) < 4.78 is 25.1.